The van der Waals surface area contributed by atoms with Crippen LogP contribution in [0.4, 0.5) is 5.69 Å². The van der Waals surface area contributed by atoms with Crippen LogP contribution in [0.2, 0.25) is 0 Å². The Kier molecular flexibility index (Phi) is 4.43. The van der Waals surface area contributed by atoms with Gasteiger partial charge in [0.1, 0.15) is 0 Å². The molecule has 0 aliphatic carbocycles. The van der Waals surface area contributed by atoms with Crippen molar-refractivity contribution >= 4 is 5.69 Å². The van der Waals surface area contributed by atoms with E-state index in [2.05, 4.69) is 19.2 Å². The molecule has 0 saturated heterocycles. The third-order valence-electron chi connectivity index (χ3n) is 3.03. The minimum atomic E-state index is -0.369. The molecule has 1 N–H and O–H groups in total. The molecule has 0 heterocycles. The molecule has 0 aliphatic heterocycles. The molecule has 0 spiro atoms. The average molecular weight is 222 g/mol. The van der Waals surface area contributed by atoms with Gasteiger partial charge in [0.15, 0.2) is 0 Å². The second kappa shape index (κ2) is 5.61. The summed E-state index contributed by atoms with van der Waals surface area (Å²) in [5.41, 5.74) is 1.30. The fourth-order valence-corrected chi connectivity index (χ4v) is 1.92. The summed E-state index contributed by atoms with van der Waals surface area (Å²) in [5.74, 6) is 0.394. The van der Waals surface area contributed by atoms with Crippen molar-refractivity contribution in [2.75, 3.05) is 7.05 Å². The molecule has 2 unspecified atom stereocenters. The Bertz CT molecular complexity index is 349. The van der Waals surface area contributed by atoms with Crippen LogP contribution in [0.25, 0.3) is 0 Å². The van der Waals surface area contributed by atoms with Crippen molar-refractivity contribution in [1.29, 1.82) is 0 Å². The van der Waals surface area contributed by atoms with Crippen molar-refractivity contribution < 1.29 is 4.92 Å². The van der Waals surface area contributed by atoms with E-state index in [-0.39, 0.29) is 10.6 Å². The summed E-state index contributed by atoms with van der Waals surface area (Å²) in [6.45, 7) is 4.25. The molecule has 0 saturated carbocycles. The molecule has 0 amide bonds. The van der Waals surface area contributed by atoms with Crippen LogP contribution in [-0.4, -0.2) is 18.0 Å². The normalized spacial score (nSPS) is 14.4. The minimum absolute atomic E-state index is 0.149. The Morgan fingerprint density at radius 3 is 2.31 bits per heavy atom. The topological polar surface area (TPSA) is 55.2 Å². The van der Waals surface area contributed by atoms with Gasteiger partial charge in [-0.15, -0.1) is 0 Å². The summed E-state index contributed by atoms with van der Waals surface area (Å²) in [6, 6.07) is 7.20. The van der Waals surface area contributed by atoms with Crippen LogP contribution in [0.3, 0.4) is 0 Å². The predicted molar refractivity (Wildman–Crippen MR) is 64.7 cm³/mol. The largest absolute Gasteiger partial charge is 0.317 e. The van der Waals surface area contributed by atoms with Gasteiger partial charge in [-0.1, -0.05) is 19.1 Å². The number of nitro groups is 1. The number of nitro benzene ring substituents is 1. The number of likely N-dealkylation sites (N-methyl/N-ethyl adjacent to an activating group) is 1. The Labute approximate surface area is 95.8 Å². The van der Waals surface area contributed by atoms with Crippen molar-refractivity contribution in [1.82, 2.24) is 5.32 Å². The van der Waals surface area contributed by atoms with Crippen LogP contribution in [0, 0.1) is 10.1 Å². The van der Waals surface area contributed by atoms with E-state index in [9.17, 15) is 10.1 Å². The molecule has 0 radical (unpaired) electrons. The Morgan fingerprint density at radius 1 is 1.38 bits per heavy atom. The standard InChI is InChI=1S/C12H18N2O2/c1-4-12(9(2)13-3)10-5-7-11(8-6-10)14(15)16/h5-9,12-13H,4H2,1-3H3. The number of hydrogen-bond donors (Lipinski definition) is 1. The predicted octanol–water partition coefficient (Wildman–Crippen LogP) is 2.70. The highest BCUT2D eigenvalue weighted by Crippen LogP contribution is 2.25. The van der Waals surface area contributed by atoms with Crippen LogP contribution in [0.5, 0.6) is 0 Å². The molecule has 16 heavy (non-hydrogen) atoms. The van der Waals surface area contributed by atoms with E-state index in [0.29, 0.717) is 12.0 Å². The summed E-state index contributed by atoms with van der Waals surface area (Å²) in [4.78, 5) is 10.2. The Balaban J connectivity index is 2.90. The molecule has 4 heteroatoms. The molecule has 4 nitrogen and oxygen atoms in total. The number of non-ortho nitro benzene ring substituents is 1. The number of rotatable bonds is 5. The van der Waals surface area contributed by atoms with E-state index in [4.69, 9.17) is 0 Å². The lowest BCUT2D eigenvalue weighted by Crippen LogP contribution is -2.28. The Hall–Kier alpha value is -1.42. The zero-order valence-electron chi connectivity index (χ0n) is 9.93. The number of benzene rings is 1. The van der Waals surface area contributed by atoms with Gasteiger partial charge in [-0.25, -0.2) is 0 Å². The summed E-state index contributed by atoms with van der Waals surface area (Å²) >= 11 is 0. The maximum atomic E-state index is 10.5. The fraction of sp³-hybridized carbons (Fsp3) is 0.500. The monoisotopic (exact) mass is 222 g/mol. The molecule has 0 aliphatic rings. The second-order valence-corrected chi connectivity index (χ2v) is 3.94. The van der Waals surface area contributed by atoms with Gasteiger partial charge < -0.3 is 5.32 Å². The minimum Gasteiger partial charge on any atom is -0.317 e. The summed E-state index contributed by atoms with van der Waals surface area (Å²) in [7, 11) is 1.93. The smallest absolute Gasteiger partial charge is 0.269 e. The molecule has 1 aromatic carbocycles. The summed E-state index contributed by atoms with van der Waals surface area (Å²) in [6.07, 6.45) is 1.01. The molecule has 0 aromatic heterocycles. The highest BCUT2D eigenvalue weighted by atomic mass is 16.6. The quantitative estimate of drug-likeness (QED) is 0.615. The number of hydrogen-bond acceptors (Lipinski definition) is 3. The van der Waals surface area contributed by atoms with Crippen LogP contribution in [-0.2, 0) is 0 Å². The highest BCUT2D eigenvalue weighted by Gasteiger charge is 2.16. The van der Waals surface area contributed by atoms with Crippen LogP contribution in [0.15, 0.2) is 24.3 Å². The SMILES string of the molecule is CCC(c1ccc([N+](=O)[O-])cc1)C(C)NC. The Morgan fingerprint density at radius 2 is 1.94 bits per heavy atom. The van der Waals surface area contributed by atoms with Crippen molar-refractivity contribution in [2.24, 2.45) is 0 Å². The number of nitrogens with zero attached hydrogens (tertiary/aromatic N) is 1. The van der Waals surface area contributed by atoms with Gasteiger partial charge in [-0.05, 0) is 31.9 Å². The summed E-state index contributed by atoms with van der Waals surface area (Å²) in [5, 5.41) is 13.8. The second-order valence-electron chi connectivity index (χ2n) is 3.94. The highest BCUT2D eigenvalue weighted by molar-refractivity contribution is 5.34. The zero-order chi connectivity index (χ0) is 12.1. The lowest BCUT2D eigenvalue weighted by atomic mass is 9.90. The molecule has 1 rings (SSSR count). The van der Waals surface area contributed by atoms with E-state index in [0.717, 1.165) is 12.0 Å². The molecular formula is C12H18N2O2. The third kappa shape index (κ3) is 2.79. The maximum absolute atomic E-state index is 10.5. The third-order valence-corrected chi connectivity index (χ3v) is 3.03. The first-order valence-electron chi connectivity index (χ1n) is 5.51. The van der Waals surface area contributed by atoms with Crippen LogP contribution < -0.4 is 5.32 Å². The first kappa shape index (κ1) is 12.6. The van der Waals surface area contributed by atoms with E-state index >= 15 is 0 Å². The van der Waals surface area contributed by atoms with Crippen molar-refractivity contribution in [3.63, 3.8) is 0 Å². The van der Waals surface area contributed by atoms with Crippen LogP contribution >= 0.6 is 0 Å². The maximum Gasteiger partial charge on any atom is 0.269 e. The lowest BCUT2D eigenvalue weighted by molar-refractivity contribution is -0.384. The molecule has 1 aromatic rings. The first-order valence-corrected chi connectivity index (χ1v) is 5.51. The van der Waals surface area contributed by atoms with Gasteiger partial charge in [0.2, 0.25) is 0 Å². The average Bonchev–Trinajstić information content (AvgIpc) is 2.30. The van der Waals surface area contributed by atoms with E-state index in [1.165, 1.54) is 0 Å². The van der Waals surface area contributed by atoms with Gasteiger partial charge in [-0.3, -0.25) is 10.1 Å². The molecule has 0 fully saturated rings. The van der Waals surface area contributed by atoms with Gasteiger partial charge in [0, 0.05) is 18.2 Å². The van der Waals surface area contributed by atoms with Gasteiger partial charge >= 0.3 is 0 Å². The van der Waals surface area contributed by atoms with Gasteiger partial charge in [0.05, 0.1) is 4.92 Å². The van der Waals surface area contributed by atoms with Crippen molar-refractivity contribution in [2.45, 2.75) is 32.2 Å². The first-order chi connectivity index (χ1) is 7.60. The lowest BCUT2D eigenvalue weighted by Gasteiger charge is -2.22. The van der Waals surface area contributed by atoms with E-state index in [1.807, 2.05) is 19.2 Å². The van der Waals surface area contributed by atoms with Gasteiger partial charge in [-0.2, -0.15) is 0 Å². The molecular weight excluding hydrogens is 204 g/mol. The van der Waals surface area contributed by atoms with Crippen molar-refractivity contribution in [3.8, 4) is 0 Å². The van der Waals surface area contributed by atoms with Crippen LogP contribution in [0.1, 0.15) is 31.7 Å². The fourth-order valence-electron chi connectivity index (χ4n) is 1.92. The summed E-state index contributed by atoms with van der Waals surface area (Å²) < 4.78 is 0. The molecule has 0 bridgehead atoms. The van der Waals surface area contributed by atoms with E-state index in [1.54, 1.807) is 12.1 Å². The van der Waals surface area contributed by atoms with E-state index < -0.39 is 0 Å². The van der Waals surface area contributed by atoms with Crippen molar-refractivity contribution in [3.05, 3.63) is 39.9 Å². The number of nitrogens with one attached hydrogen (secondary N) is 1. The molecule has 2 atom stereocenters. The molecule has 88 valence electrons. The van der Waals surface area contributed by atoms with Gasteiger partial charge in [0.25, 0.3) is 5.69 Å². The zero-order valence-corrected chi connectivity index (χ0v) is 9.93.